The summed E-state index contributed by atoms with van der Waals surface area (Å²) in [5.74, 6) is 0. The third kappa shape index (κ3) is 4.07. The molecule has 27 heavy (non-hydrogen) atoms. The summed E-state index contributed by atoms with van der Waals surface area (Å²) in [5.41, 5.74) is 5.04. The Morgan fingerprint density at radius 1 is 0.889 bits per heavy atom. The zero-order valence-corrected chi connectivity index (χ0v) is 15.7. The van der Waals surface area contributed by atoms with Crippen molar-refractivity contribution in [2.75, 3.05) is 0 Å². The number of rotatable bonds is 5. The zero-order valence-electron chi connectivity index (χ0n) is 14.9. The summed E-state index contributed by atoms with van der Waals surface area (Å²) in [6, 6.07) is 13.0. The SMILES string of the molecule is O=S(=O)(NCc1ccnc(-c2ccncc2)c1)c1ccc2c(c1)CCCC2. The summed E-state index contributed by atoms with van der Waals surface area (Å²) < 4.78 is 28.1. The molecule has 0 saturated heterocycles. The second-order valence-corrected chi connectivity index (χ2v) is 8.51. The van der Waals surface area contributed by atoms with Crippen LogP contribution in [0.2, 0.25) is 0 Å². The summed E-state index contributed by atoms with van der Waals surface area (Å²) >= 11 is 0. The quantitative estimate of drug-likeness (QED) is 0.736. The average Bonchev–Trinajstić information content (AvgIpc) is 2.73. The molecule has 1 aliphatic carbocycles. The van der Waals surface area contributed by atoms with E-state index in [4.69, 9.17) is 0 Å². The van der Waals surface area contributed by atoms with Gasteiger partial charge in [0.1, 0.15) is 0 Å². The molecule has 2 heterocycles. The van der Waals surface area contributed by atoms with E-state index in [1.54, 1.807) is 24.7 Å². The number of pyridine rings is 2. The van der Waals surface area contributed by atoms with Crippen LogP contribution >= 0.6 is 0 Å². The van der Waals surface area contributed by atoms with E-state index < -0.39 is 10.0 Å². The van der Waals surface area contributed by atoms with Crippen molar-refractivity contribution in [2.45, 2.75) is 37.1 Å². The van der Waals surface area contributed by atoms with Crippen molar-refractivity contribution in [1.82, 2.24) is 14.7 Å². The number of aromatic nitrogens is 2. The first kappa shape index (κ1) is 17.8. The van der Waals surface area contributed by atoms with Crippen LogP contribution in [-0.4, -0.2) is 18.4 Å². The normalized spacial score (nSPS) is 13.9. The van der Waals surface area contributed by atoms with Crippen LogP contribution in [0.15, 0.2) is 66.0 Å². The Hall–Kier alpha value is -2.57. The second-order valence-electron chi connectivity index (χ2n) is 6.75. The molecule has 0 radical (unpaired) electrons. The third-order valence-electron chi connectivity index (χ3n) is 4.90. The molecule has 4 rings (SSSR count). The van der Waals surface area contributed by atoms with E-state index in [1.165, 1.54) is 12.0 Å². The lowest BCUT2D eigenvalue weighted by Gasteiger charge is -2.17. The molecule has 1 aromatic carbocycles. The van der Waals surface area contributed by atoms with Crippen LogP contribution in [0, 0.1) is 0 Å². The van der Waals surface area contributed by atoms with Crippen LogP contribution in [0.25, 0.3) is 11.3 Å². The molecule has 138 valence electrons. The summed E-state index contributed by atoms with van der Waals surface area (Å²) in [6.07, 6.45) is 9.41. The number of aryl methyl sites for hydroxylation is 2. The van der Waals surface area contributed by atoms with Gasteiger partial charge in [0, 0.05) is 30.7 Å². The predicted molar refractivity (Wildman–Crippen MR) is 105 cm³/mol. The summed E-state index contributed by atoms with van der Waals surface area (Å²) in [5, 5.41) is 0. The lowest BCUT2D eigenvalue weighted by Crippen LogP contribution is -2.23. The maximum absolute atomic E-state index is 12.7. The molecule has 0 atom stereocenters. The van der Waals surface area contributed by atoms with Crippen molar-refractivity contribution in [3.8, 4) is 11.3 Å². The molecule has 0 fully saturated rings. The van der Waals surface area contributed by atoms with Gasteiger partial charge in [-0.2, -0.15) is 0 Å². The molecule has 2 aromatic heterocycles. The first-order valence-electron chi connectivity index (χ1n) is 9.09. The minimum Gasteiger partial charge on any atom is -0.265 e. The van der Waals surface area contributed by atoms with Gasteiger partial charge in [0.15, 0.2) is 0 Å². The Kier molecular flexibility index (Phi) is 5.01. The largest absolute Gasteiger partial charge is 0.265 e. The molecule has 0 saturated carbocycles. The highest BCUT2D eigenvalue weighted by Crippen LogP contribution is 2.24. The van der Waals surface area contributed by atoms with Crippen molar-refractivity contribution < 1.29 is 8.42 Å². The smallest absolute Gasteiger partial charge is 0.240 e. The van der Waals surface area contributed by atoms with Crippen LogP contribution in [0.3, 0.4) is 0 Å². The van der Waals surface area contributed by atoms with E-state index in [1.807, 2.05) is 36.4 Å². The number of hydrogen-bond donors (Lipinski definition) is 1. The van der Waals surface area contributed by atoms with Gasteiger partial charge in [-0.05, 0) is 78.8 Å². The molecular formula is C21H21N3O2S. The van der Waals surface area contributed by atoms with Gasteiger partial charge in [-0.15, -0.1) is 0 Å². The Labute approximate surface area is 159 Å². The Bertz CT molecular complexity index is 1050. The molecule has 3 aromatic rings. The van der Waals surface area contributed by atoms with Gasteiger partial charge in [-0.3, -0.25) is 9.97 Å². The number of hydrogen-bond acceptors (Lipinski definition) is 4. The van der Waals surface area contributed by atoms with Crippen LogP contribution < -0.4 is 4.72 Å². The summed E-state index contributed by atoms with van der Waals surface area (Å²) in [4.78, 5) is 8.70. The average molecular weight is 379 g/mol. The van der Waals surface area contributed by atoms with Crippen LogP contribution in [0.1, 0.15) is 29.5 Å². The number of benzene rings is 1. The standard InChI is InChI=1S/C21H21N3O2S/c25-27(26,20-6-5-17-3-1-2-4-19(17)14-20)24-15-16-7-12-23-21(13-16)18-8-10-22-11-9-18/h5-14,24H,1-4,15H2. The molecule has 0 bridgehead atoms. The Balaban J connectivity index is 1.51. The summed E-state index contributed by atoms with van der Waals surface area (Å²) in [7, 11) is -3.55. The number of sulfonamides is 1. The van der Waals surface area contributed by atoms with Crippen molar-refractivity contribution in [3.05, 3.63) is 77.7 Å². The molecule has 0 unspecified atom stereocenters. The van der Waals surface area contributed by atoms with Crippen molar-refractivity contribution in [2.24, 2.45) is 0 Å². The van der Waals surface area contributed by atoms with Gasteiger partial charge in [0.05, 0.1) is 10.6 Å². The van der Waals surface area contributed by atoms with Crippen LogP contribution in [0.4, 0.5) is 0 Å². The van der Waals surface area contributed by atoms with E-state index in [0.717, 1.165) is 41.6 Å². The third-order valence-corrected chi connectivity index (χ3v) is 6.30. The highest BCUT2D eigenvalue weighted by Gasteiger charge is 2.17. The van der Waals surface area contributed by atoms with Gasteiger partial charge in [-0.1, -0.05) is 6.07 Å². The van der Waals surface area contributed by atoms with Crippen molar-refractivity contribution in [3.63, 3.8) is 0 Å². The van der Waals surface area contributed by atoms with Crippen LogP contribution in [0.5, 0.6) is 0 Å². The maximum atomic E-state index is 12.7. The van der Waals surface area contributed by atoms with E-state index >= 15 is 0 Å². The highest BCUT2D eigenvalue weighted by atomic mass is 32.2. The molecular weight excluding hydrogens is 358 g/mol. The second kappa shape index (κ2) is 7.58. The molecule has 0 spiro atoms. The topological polar surface area (TPSA) is 72.0 Å². The lowest BCUT2D eigenvalue weighted by atomic mass is 9.92. The van der Waals surface area contributed by atoms with Gasteiger partial charge in [-0.25, -0.2) is 13.1 Å². The first-order chi connectivity index (χ1) is 13.1. The summed E-state index contributed by atoms with van der Waals surface area (Å²) in [6.45, 7) is 0.222. The van der Waals surface area contributed by atoms with Crippen LogP contribution in [-0.2, 0) is 29.4 Å². The van der Waals surface area contributed by atoms with E-state index in [2.05, 4.69) is 14.7 Å². The van der Waals surface area contributed by atoms with Gasteiger partial charge in [0.2, 0.25) is 10.0 Å². The molecule has 1 aliphatic rings. The Morgan fingerprint density at radius 3 is 2.48 bits per heavy atom. The Morgan fingerprint density at radius 2 is 1.67 bits per heavy atom. The van der Waals surface area contributed by atoms with Gasteiger partial charge >= 0.3 is 0 Å². The van der Waals surface area contributed by atoms with E-state index in [0.29, 0.717) is 4.90 Å². The molecule has 0 amide bonds. The van der Waals surface area contributed by atoms with Gasteiger partial charge in [0.25, 0.3) is 0 Å². The first-order valence-corrected chi connectivity index (χ1v) is 10.6. The minimum atomic E-state index is -3.55. The number of nitrogens with one attached hydrogen (secondary N) is 1. The monoisotopic (exact) mass is 379 g/mol. The number of fused-ring (bicyclic) bond motifs is 1. The van der Waals surface area contributed by atoms with E-state index in [-0.39, 0.29) is 6.54 Å². The fourth-order valence-electron chi connectivity index (χ4n) is 3.40. The minimum absolute atomic E-state index is 0.222. The fourth-order valence-corrected chi connectivity index (χ4v) is 4.47. The predicted octanol–water partition coefficient (Wildman–Crippen LogP) is 3.50. The molecule has 0 aliphatic heterocycles. The van der Waals surface area contributed by atoms with Crippen molar-refractivity contribution >= 4 is 10.0 Å². The lowest BCUT2D eigenvalue weighted by molar-refractivity contribution is 0.580. The highest BCUT2D eigenvalue weighted by molar-refractivity contribution is 7.89. The van der Waals surface area contributed by atoms with Crippen molar-refractivity contribution in [1.29, 1.82) is 0 Å². The number of nitrogens with zero attached hydrogens (tertiary/aromatic N) is 2. The maximum Gasteiger partial charge on any atom is 0.240 e. The fraction of sp³-hybridized carbons (Fsp3) is 0.238. The molecule has 5 nitrogen and oxygen atoms in total. The zero-order chi connectivity index (χ0) is 18.7. The van der Waals surface area contributed by atoms with Gasteiger partial charge < -0.3 is 0 Å². The van der Waals surface area contributed by atoms with E-state index in [9.17, 15) is 8.42 Å². The molecule has 6 heteroatoms. The molecule has 1 N–H and O–H groups in total.